The second-order valence-electron chi connectivity index (χ2n) is 5.47. The Balaban J connectivity index is 2.44. The van der Waals surface area contributed by atoms with Crippen LogP contribution in [0, 0.1) is 13.8 Å². The maximum absolute atomic E-state index is 13.0. The van der Waals surface area contributed by atoms with Crippen molar-refractivity contribution >= 4 is 21.9 Å². The van der Waals surface area contributed by atoms with E-state index in [1.807, 2.05) is 6.07 Å². The Morgan fingerprint density at radius 3 is 2.74 bits per heavy atom. The molecule has 1 saturated heterocycles. The average Bonchev–Trinajstić information content (AvgIpc) is 2.51. The molecule has 0 aromatic heterocycles. The van der Waals surface area contributed by atoms with Crippen LogP contribution in [0.2, 0.25) is 0 Å². The fourth-order valence-corrected chi connectivity index (χ4v) is 4.43. The lowest BCUT2D eigenvalue weighted by Gasteiger charge is -2.33. The SMILES string of the molecule is COC(=O)CC1C(=O)NCCN1S(=O)(=O)c1cc(C)ccc1C. The predicted molar refractivity (Wildman–Crippen MR) is 83.2 cm³/mol. The average molecular weight is 340 g/mol. The van der Waals surface area contributed by atoms with Gasteiger partial charge in [0.25, 0.3) is 0 Å². The molecule has 0 radical (unpaired) electrons. The summed E-state index contributed by atoms with van der Waals surface area (Å²) in [6, 6.07) is 4.03. The van der Waals surface area contributed by atoms with E-state index in [2.05, 4.69) is 10.1 Å². The molecule has 0 saturated carbocycles. The quantitative estimate of drug-likeness (QED) is 0.799. The highest BCUT2D eigenvalue weighted by Gasteiger charge is 2.40. The van der Waals surface area contributed by atoms with Crippen LogP contribution in [0.3, 0.4) is 0 Å². The molecule has 1 atom stereocenters. The molecule has 1 fully saturated rings. The predicted octanol–water partition coefficient (Wildman–Crippen LogP) is 0.356. The monoisotopic (exact) mass is 340 g/mol. The molecule has 0 aliphatic carbocycles. The van der Waals surface area contributed by atoms with Gasteiger partial charge in [0.2, 0.25) is 15.9 Å². The summed E-state index contributed by atoms with van der Waals surface area (Å²) < 4.78 is 31.6. The Bertz CT molecular complexity index is 729. The van der Waals surface area contributed by atoms with E-state index in [1.165, 1.54) is 7.11 Å². The number of amides is 1. The Morgan fingerprint density at radius 2 is 2.09 bits per heavy atom. The van der Waals surface area contributed by atoms with Gasteiger partial charge >= 0.3 is 5.97 Å². The summed E-state index contributed by atoms with van der Waals surface area (Å²) in [4.78, 5) is 23.7. The molecule has 2 rings (SSSR count). The van der Waals surface area contributed by atoms with Crippen LogP contribution in [0.5, 0.6) is 0 Å². The van der Waals surface area contributed by atoms with Crippen molar-refractivity contribution in [1.29, 1.82) is 0 Å². The zero-order valence-corrected chi connectivity index (χ0v) is 14.1. The molecule has 23 heavy (non-hydrogen) atoms. The number of methoxy groups -OCH3 is 1. The number of aryl methyl sites for hydroxylation is 2. The summed E-state index contributed by atoms with van der Waals surface area (Å²) in [5.74, 6) is -1.12. The zero-order valence-electron chi connectivity index (χ0n) is 13.3. The first-order valence-corrected chi connectivity index (χ1v) is 8.65. The van der Waals surface area contributed by atoms with Gasteiger partial charge < -0.3 is 10.1 Å². The first-order valence-electron chi connectivity index (χ1n) is 7.21. The number of rotatable bonds is 4. The van der Waals surface area contributed by atoms with Crippen LogP contribution >= 0.6 is 0 Å². The molecule has 8 heteroatoms. The van der Waals surface area contributed by atoms with E-state index in [0.29, 0.717) is 5.56 Å². The standard InChI is InChI=1S/C15H20N2O5S/c1-10-4-5-11(2)13(8-10)23(20,21)17-7-6-16-15(19)12(17)9-14(18)22-3/h4-5,8,12H,6-7,9H2,1-3H3,(H,16,19). The number of hydrogen-bond acceptors (Lipinski definition) is 5. The van der Waals surface area contributed by atoms with Gasteiger partial charge in [-0.1, -0.05) is 12.1 Å². The highest BCUT2D eigenvalue weighted by Crippen LogP contribution is 2.25. The number of nitrogens with one attached hydrogen (secondary N) is 1. The van der Waals surface area contributed by atoms with E-state index in [-0.39, 0.29) is 24.4 Å². The first kappa shape index (κ1) is 17.4. The minimum absolute atomic E-state index is 0.114. The van der Waals surface area contributed by atoms with Crippen molar-refractivity contribution in [2.24, 2.45) is 0 Å². The van der Waals surface area contributed by atoms with Gasteiger partial charge in [-0.3, -0.25) is 9.59 Å². The van der Waals surface area contributed by atoms with E-state index in [0.717, 1.165) is 9.87 Å². The third kappa shape index (κ3) is 3.53. The highest BCUT2D eigenvalue weighted by atomic mass is 32.2. The van der Waals surface area contributed by atoms with Crippen molar-refractivity contribution in [1.82, 2.24) is 9.62 Å². The molecular formula is C15H20N2O5S. The van der Waals surface area contributed by atoms with Crippen molar-refractivity contribution in [3.05, 3.63) is 29.3 Å². The molecule has 1 heterocycles. The molecule has 126 valence electrons. The molecule has 1 N–H and O–H groups in total. The molecule has 7 nitrogen and oxygen atoms in total. The van der Waals surface area contributed by atoms with Gasteiger partial charge in [0.15, 0.2) is 0 Å². The van der Waals surface area contributed by atoms with Gasteiger partial charge in [0.1, 0.15) is 6.04 Å². The van der Waals surface area contributed by atoms with Crippen LogP contribution in [0.4, 0.5) is 0 Å². The van der Waals surface area contributed by atoms with E-state index in [9.17, 15) is 18.0 Å². The number of benzene rings is 1. The van der Waals surface area contributed by atoms with E-state index >= 15 is 0 Å². The van der Waals surface area contributed by atoms with Gasteiger partial charge in [-0.05, 0) is 31.0 Å². The van der Waals surface area contributed by atoms with Crippen LogP contribution in [0.1, 0.15) is 17.5 Å². The molecule has 1 amide bonds. The zero-order chi connectivity index (χ0) is 17.2. The maximum Gasteiger partial charge on any atom is 0.307 e. The molecule has 0 bridgehead atoms. The van der Waals surface area contributed by atoms with Gasteiger partial charge in [-0.15, -0.1) is 0 Å². The summed E-state index contributed by atoms with van der Waals surface area (Å²) >= 11 is 0. The third-order valence-electron chi connectivity index (χ3n) is 3.80. The van der Waals surface area contributed by atoms with Gasteiger partial charge in [0, 0.05) is 13.1 Å². The van der Waals surface area contributed by atoms with Gasteiger partial charge in [0.05, 0.1) is 18.4 Å². The van der Waals surface area contributed by atoms with Crippen LogP contribution in [0.25, 0.3) is 0 Å². The molecule has 1 aromatic rings. The number of esters is 1. The summed E-state index contributed by atoms with van der Waals surface area (Å²) in [5, 5.41) is 2.59. The Labute approximate surface area is 135 Å². The van der Waals surface area contributed by atoms with Gasteiger partial charge in [-0.25, -0.2) is 8.42 Å². The topological polar surface area (TPSA) is 92.8 Å². The van der Waals surface area contributed by atoms with Crippen molar-refractivity contribution in [2.45, 2.75) is 31.2 Å². The largest absolute Gasteiger partial charge is 0.469 e. The van der Waals surface area contributed by atoms with Crippen molar-refractivity contribution in [3.8, 4) is 0 Å². The fraction of sp³-hybridized carbons (Fsp3) is 0.467. The molecule has 1 aromatic carbocycles. The van der Waals surface area contributed by atoms with Crippen molar-refractivity contribution in [3.63, 3.8) is 0 Å². The lowest BCUT2D eigenvalue weighted by atomic mass is 10.1. The Hall–Kier alpha value is -1.93. The number of hydrogen-bond donors (Lipinski definition) is 1. The number of piperazine rings is 1. The minimum atomic E-state index is -3.89. The van der Waals surface area contributed by atoms with Gasteiger partial charge in [-0.2, -0.15) is 4.31 Å². The molecule has 1 aliphatic heterocycles. The summed E-state index contributed by atoms with van der Waals surface area (Å²) in [6.07, 6.45) is -0.313. The summed E-state index contributed by atoms with van der Waals surface area (Å²) in [6.45, 7) is 3.82. The Morgan fingerprint density at radius 1 is 1.39 bits per heavy atom. The van der Waals surface area contributed by atoms with Crippen LogP contribution < -0.4 is 5.32 Å². The molecule has 1 unspecified atom stereocenters. The van der Waals surface area contributed by atoms with E-state index < -0.39 is 27.9 Å². The number of ether oxygens (including phenoxy) is 1. The fourth-order valence-electron chi connectivity index (χ4n) is 2.53. The van der Waals surface area contributed by atoms with Crippen molar-refractivity contribution in [2.75, 3.05) is 20.2 Å². The van der Waals surface area contributed by atoms with Crippen molar-refractivity contribution < 1.29 is 22.7 Å². The second kappa shape index (κ2) is 6.67. The smallest absolute Gasteiger partial charge is 0.307 e. The minimum Gasteiger partial charge on any atom is -0.469 e. The lowest BCUT2D eigenvalue weighted by molar-refractivity contribution is -0.144. The number of carbonyl (C=O) groups excluding carboxylic acids is 2. The molecule has 0 spiro atoms. The second-order valence-corrected chi connectivity index (χ2v) is 7.33. The maximum atomic E-state index is 13.0. The normalized spacial score (nSPS) is 19.3. The summed E-state index contributed by atoms with van der Waals surface area (Å²) in [5.41, 5.74) is 1.40. The van der Waals surface area contributed by atoms with Crippen LogP contribution in [-0.2, 0) is 24.3 Å². The van der Waals surface area contributed by atoms with Crippen LogP contribution in [0.15, 0.2) is 23.1 Å². The van der Waals surface area contributed by atoms with Crippen LogP contribution in [-0.4, -0.2) is 50.8 Å². The Kier molecular flexibility index (Phi) is 5.06. The highest BCUT2D eigenvalue weighted by molar-refractivity contribution is 7.89. The molecule has 1 aliphatic rings. The molecular weight excluding hydrogens is 320 g/mol. The lowest BCUT2D eigenvalue weighted by Crippen LogP contribution is -2.57. The first-order chi connectivity index (χ1) is 10.8. The number of sulfonamides is 1. The van der Waals surface area contributed by atoms with E-state index in [1.54, 1.807) is 26.0 Å². The number of nitrogens with zero attached hydrogens (tertiary/aromatic N) is 1. The number of carbonyl (C=O) groups is 2. The van der Waals surface area contributed by atoms with E-state index in [4.69, 9.17) is 0 Å². The third-order valence-corrected chi connectivity index (χ3v) is 5.85. The summed E-state index contributed by atoms with van der Waals surface area (Å²) in [7, 11) is -2.69.